The smallest absolute Gasteiger partial charge is 0.408 e. The van der Waals surface area contributed by atoms with Gasteiger partial charge in [-0.2, -0.15) is 0 Å². The molecule has 4 N–H and O–H groups in total. The molecule has 0 spiro atoms. The predicted molar refractivity (Wildman–Crippen MR) is 260 cm³/mol. The maximum absolute atomic E-state index is 12.0. The lowest BCUT2D eigenvalue weighted by Crippen LogP contribution is -2.45. The number of halogens is 2. The van der Waals surface area contributed by atoms with Gasteiger partial charge in [0.25, 0.3) is 0 Å². The topological polar surface area (TPSA) is 170 Å². The van der Waals surface area contributed by atoms with E-state index >= 15 is 0 Å². The van der Waals surface area contributed by atoms with Gasteiger partial charge in [-0.1, -0.05) is 37.9 Å². The van der Waals surface area contributed by atoms with Crippen LogP contribution in [0, 0.1) is 13.8 Å². The van der Waals surface area contributed by atoms with Crippen LogP contribution in [0.15, 0.2) is 33.2 Å². The standard InChI is InChI=1S/C17H24BrNO4.C15H20BrNO6.S11/c1-10-7-12(13(18)8-11(10)2)9-14(15(20)22-6)19-16(21)23-17(3,4)5;1-15(2,3)23-14(21)17-10(13(20)22-4)5-8-6-11(18)12(19)7-9(8)16;1-3-5-7-9-11-10-8-6-4-2/h7-8,14H,9H2,1-6H3,(H,19,21);6-7,10,18-19H,5H2,1-4H3,(H,17,21);/t14-;10-;/m00./s1. The van der Waals surface area contributed by atoms with Crippen LogP contribution < -0.4 is 10.6 Å². The van der Waals surface area contributed by atoms with Gasteiger partial charge in [0, 0.05) is 124 Å². The van der Waals surface area contributed by atoms with Gasteiger partial charge in [0.1, 0.15) is 23.3 Å². The summed E-state index contributed by atoms with van der Waals surface area (Å²) in [5.41, 5.74) is 2.35. The molecule has 2 aromatic carbocycles. The summed E-state index contributed by atoms with van der Waals surface area (Å²) in [5, 5.41) is 24.0. The average molecular weight is 1130 g/mol. The molecule has 0 fully saturated rings. The number of nitrogens with one attached hydrogen (secondary N) is 2. The number of esters is 2. The van der Waals surface area contributed by atoms with Crippen molar-refractivity contribution < 1.29 is 48.3 Å². The fourth-order valence-electron chi connectivity index (χ4n) is 3.84. The molecule has 0 saturated carbocycles. The third kappa shape index (κ3) is 26.0. The van der Waals surface area contributed by atoms with Gasteiger partial charge in [-0.25, -0.2) is 19.2 Å². The number of phenols is 2. The molecular weight excluding hydrogens is 1080 g/mol. The van der Waals surface area contributed by atoms with E-state index in [1.165, 1.54) is 44.1 Å². The van der Waals surface area contributed by atoms with Crippen LogP contribution in [0.1, 0.15) is 63.8 Å². The summed E-state index contributed by atoms with van der Waals surface area (Å²) in [7, 11) is 17.0. The Bertz CT molecular complexity index is 2000. The zero-order valence-electron chi connectivity index (χ0n) is 32.3. The number of hydrogen-bond acceptors (Lipinski definition) is 12. The number of rotatable bonds is 8. The first kappa shape index (κ1) is 55.9. The van der Waals surface area contributed by atoms with Crippen LogP contribution >= 0.6 is 31.9 Å². The lowest BCUT2D eigenvalue weighted by atomic mass is 10.0. The van der Waals surface area contributed by atoms with E-state index in [2.05, 4.69) is 69.6 Å². The molecule has 2 aromatic rings. The van der Waals surface area contributed by atoms with Gasteiger partial charge in [-0.3, -0.25) is 0 Å². The third-order valence-electron chi connectivity index (χ3n) is 6.23. The SMILES string of the molecule is COC(=O)[C@H](Cc1cc(C)c(C)cc1Br)NC(=O)OC(C)(C)C.COC(=O)[C@H](Cc1cc(O)c(O)cc1Br)NC(=O)OC(C)(C)C.S=S=S=S=S=S=S=S=S=S=S. The fourth-order valence-corrected chi connectivity index (χ4v) is 24.2. The van der Waals surface area contributed by atoms with Crippen molar-refractivity contribution in [2.75, 3.05) is 14.2 Å². The molecule has 0 aromatic heterocycles. The van der Waals surface area contributed by atoms with Crippen LogP contribution in [0.25, 0.3) is 0 Å². The lowest BCUT2D eigenvalue weighted by Gasteiger charge is -2.23. The monoisotopic (exact) mass is 1130 g/mol. The summed E-state index contributed by atoms with van der Waals surface area (Å²) < 4.78 is 21.1. The molecule has 0 aliphatic heterocycles. The zero-order chi connectivity index (χ0) is 43.9. The molecule has 25 heteroatoms. The summed E-state index contributed by atoms with van der Waals surface area (Å²) in [6.07, 6.45) is -1.05. The largest absolute Gasteiger partial charge is 0.504 e. The van der Waals surface area contributed by atoms with E-state index < -0.39 is 47.4 Å². The number of amides is 2. The summed E-state index contributed by atoms with van der Waals surface area (Å²) in [4.78, 5) is 47.6. The molecule has 2 amide bonds. The van der Waals surface area contributed by atoms with Crippen molar-refractivity contribution in [3.05, 3.63) is 55.5 Å². The number of aryl methyl sites for hydroxylation is 2. The van der Waals surface area contributed by atoms with Crippen LogP contribution in [0.4, 0.5) is 9.59 Å². The molecule has 0 heterocycles. The first-order valence-corrected chi connectivity index (χ1v) is 30.8. The predicted octanol–water partition coefficient (Wildman–Crippen LogP) is 6.12. The van der Waals surface area contributed by atoms with Gasteiger partial charge in [0.2, 0.25) is 0 Å². The molecular formula is C32H44Br2N2O10S11. The number of phenolic OH excluding ortho intramolecular Hbond substituents is 2. The van der Waals surface area contributed by atoms with E-state index in [9.17, 15) is 29.4 Å². The van der Waals surface area contributed by atoms with Crippen LogP contribution in [0.2, 0.25) is 0 Å². The molecule has 57 heavy (non-hydrogen) atoms. The quantitative estimate of drug-likeness (QED) is 0.136. The summed E-state index contributed by atoms with van der Waals surface area (Å²) in [6.45, 7) is 14.4. The molecule has 0 aliphatic rings. The van der Waals surface area contributed by atoms with E-state index in [0.29, 0.717) is 16.5 Å². The Kier molecular flexibility index (Phi) is 28.6. The maximum atomic E-state index is 12.0. The Labute approximate surface area is 385 Å². The number of ether oxygens (including phenoxy) is 4. The van der Waals surface area contributed by atoms with Gasteiger partial charge >= 0.3 is 24.1 Å². The number of carbonyl (C=O) groups excluding carboxylic acids is 4. The first-order chi connectivity index (χ1) is 26.5. The Morgan fingerprint density at radius 1 is 0.632 bits per heavy atom. The average Bonchev–Trinajstić information content (AvgIpc) is 3.10. The van der Waals surface area contributed by atoms with Crippen molar-refractivity contribution in [3.63, 3.8) is 0 Å². The fraction of sp³-hybridized carbons (Fsp3) is 0.500. The van der Waals surface area contributed by atoms with E-state index in [0.717, 1.165) is 21.2 Å². The van der Waals surface area contributed by atoms with E-state index in [1.807, 2.05) is 26.0 Å². The number of aromatic hydroxyl groups is 2. The zero-order valence-corrected chi connectivity index (χ0v) is 44.4. The number of carbonyl (C=O) groups is 4. The lowest BCUT2D eigenvalue weighted by molar-refractivity contribution is -0.143. The number of benzene rings is 2. The molecule has 0 bridgehead atoms. The minimum absolute atomic E-state index is 0.0420. The molecule has 2 atom stereocenters. The summed E-state index contributed by atoms with van der Waals surface area (Å²) in [5.74, 6) is -1.80. The minimum atomic E-state index is -1.00. The molecule has 0 radical (unpaired) electrons. The summed E-state index contributed by atoms with van der Waals surface area (Å²) in [6, 6.07) is 4.76. The van der Waals surface area contributed by atoms with Crippen LogP contribution in [-0.4, -0.2) is 71.8 Å². The highest BCUT2D eigenvalue weighted by atomic mass is 79.9. The second-order valence-electron chi connectivity index (χ2n) is 12.9. The molecule has 322 valence electrons. The molecule has 2 rings (SSSR count). The normalized spacial score (nSPS) is 11.4. The van der Waals surface area contributed by atoms with Crippen molar-refractivity contribution in [1.82, 2.24) is 10.6 Å². The van der Waals surface area contributed by atoms with Crippen LogP contribution in [-0.2, 0) is 144 Å². The van der Waals surface area contributed by atoms with E-state index in [4.69, 9.17) is 14.2 Å². The van der Waals surface area contributed by atoms with E-state index in [-0.39, 0.29) is 17.9 Å². The van der Waals surface area contributed by atoms with Crippen molar-refractivity contribution in [3.8, 4) is 11.5 Å². The number of methoxy groups -OCH3 is 2. The highest BCUT2D eigenvalue weighted by molar-refractivity contribution is 9.10. The van der Waals surface area contributed by atoms with Crippen molar-refractivity contribution >= 4 is 158 Å². The molecule has 0 unspecified atom stereocenters. The molecule has 0 saturated heterocycles. The van der Waals surface area contributed by atoms with Gasteiger partial charge < -0.3 is 39.8 Å². The van der Waals surface area contributed by atoms with Crippen molar-refractivity contribution in [1.29, 1.82) is 0 Å². The van der Waals surface area contributed by atoms with Gasteiger partial charge in [0.05, 0.1) is 14.2 Å². The van der Waals surface area contributed by atoms with Crippen molar-refractivity contribution in [2.45, 2.75) is 91.5 Å². The second-order valence-corrected chi connectivity index (χ2v) is 30.6. The number of hydrogen-bond donors (Lipinski definition) is 4. The minimum Gasteiger partial charge on any atom is -0.504 e. The third-order valence-corrected chi connectivity index (χ3v) is 25.5. The van der Waals surface area contributed by atoms with Crippen LogP contribution in [0.3, 0.4) is 0 Å². The molecule has 0 aliphatic carbocycles. The Balaban J connectivity index is 0.000000879. The first-order valence-electron chi connectivity index (χ1n) is 15.8. The van der Waals surface area contributed by atoms with Crippen LogP contribution in [0.5, 0.6) is 11.5 Å². The Hall–Kier alpha value is -1.10. The Morgan fingerprint density at radius 2 is 0.965 bits per heavy atom. The number of alkyl carbamates (subject to hydrolysis) is 2. The second kappa shape index (κ2) is 29.2. The summed E-state index contributed by atoms with van der Waals surface area (Å²) >= 11 is 16.1. The maximum Gasteiger partial charge on any atom is 0.408 e. The van der Waals surface area contributed by atoms with Gasteiger partial charge in [-0.05, 0) is 95.8 Å². The highest BCUT2D eigenvalue weighted by Crippen LogP contribution is 2.32. The van der Waals surface area contributed by atoms with Gasteiger partial charge in [0.15, 0.2) is 11.5 Å². The van der Waals surface area contributed by atoms with Crippen molar-refractivity contribution in [2.24, 2.45) is 0 Å². The molecule has 12 nitrogen and oxygen atoms in total. The van der Waals surface area contributed by atoms with E-state index in [1.54, 1.807) is 104 Å². The highest BCUT2D eigenvalue weighted by Gasteiger charge is 2.27. The van der Waals surface area contributed by atoms with Gasteiger partial charge in [-0.15, -0.1) is 0 Å². The Morgan fingerprint density at radius 3 is 1.33 bits per heavy atom.